The smallest absolute Gasteiger partial charge is 0.0159 e. The van der Waals surface area contributed by atoms with E-state index in [0.717, 1.165) is 5.25 Å². The first-order chi connectivity index (χ1) is 5.93. The van der Waals surface area contributed by atoms with Crippen LogP contribution in [0.2, 0.25) is 0 Å². The van der Waals surface area contributed by atoms with Crippen molar-refractivity contribution in [3.8, 4) is 0 Å². The highest BCUT2D eigenvalue weighted by Crippen LogP contribution is 2.39. The van der Waals surface area contributed by atoms with E-state index in [4.69, 9.17) is 0 Å². The average molecular weight is 204 g/mol. The van der Waals surface area contributed by atoms with Crippen LogP contribution in [-0.4, -0.2) is 11.0 Å². The van der Waals surface area contributed by atoms with Crippen molar-refractivity contribution in [2.75, 3.05) is 5.75 Å². The van der Waals surface area contributed by atoms with Crippen molar-refractivity contribution in [1.29, 1.82) is 0 Å². The Bertz CT molecular complexity index is 98.0. The maximum atomic E-state index is 2.28. The molecule has 0 aromatic heterocycles. The van der Waals surface area contributed by atoms with Gasteiger partial charge >= 0.3 is 0 Å². The molecule has 1 aliphatic rings. The Morgan fingerprint density at radius 1 is 1.17 bits per heavy atom. The van der Waals surface area contributed by atoms with E-state index in [9.17, 15) is 0 Å². The van der Waals surface area contributed by atoms with Gasteiger partial charge in [-0.15, -0.1) is 0 Å². The molecule has 0 radical (unpaired) electrons. The lowest BCUT2D eigenvalue weighted by molar-refractivity contribution is 0.595. The molecule has 1 atom stereocenters. The van der Waals surface area contributed by atoms with E-state index in [0.29, 0.717) is 0 Å². The molecule has 1 aliphatic heterocycles. The minimum Gasteiger partial charge on any atom is -0.0938 e. The lowest BCUT2D eigenvalue weighted by Gasteiger charge is -2.05. The molecule has 0 saturated carbocycles. The molecule has 0 N–H and O–H groups in total. The summed E-state index contributed by atoms with van der Waals surface area (Å²) in [5.41, 5.74) is 0. The molecule has 1 unspecified atom stereocenters. The summed E-state index contributed by atoms with van der Waals surface area (Å²) in [5.74, 6) is 1.39. The van der Waals surface area contributed by atoms with Crippen molar-refractivity contribution in [2.45, 2.75) is 57.1 Å². The molecular formula is C10H20S2. The standard InChI is InChI=1S/C10H20S2/c1-2-3-4-5-6-7-10-8-9-11-12-10/h10H,2-9H2,1H3. The summed E-state index contributed by atoms with van der Waals surface area (Å²) in [7, 11) is 4.19. The predicted molar refractivity (Wildman–Crippen MR) is 61.8 cm³/mol. The highest BCUT2D eigenvalue weighted by atomic mass is 33.1. The second kappa shape index (κ2) is 7.14. The predicted octanol–water partition coefficient (Wildman–Crippen LogP) is 4.50. The molecule has 12 heavy (non-hydrogen) atoms. The van der Waals surface area contributed by atoms with Crippen molar-refractivity contribution in [1.82, 2.24) is 0 Å². The third-order valence-electron chi connectivity index (χ3n) is 2.36. The summed E-state index contributed by atoms with van der Waals surface area (Å²) in [5, 5.41) is 0.997. The van der Waals surface area contributed by atoms with Crippen LogP contribution in [0.1, 0.15) is 51.9 Å². The van der Waals surface area contributed by atoms with Crippen LogP contribution in [0.4, 0.5) is 0 Å². The van der Waals surface area contributed by atoms with Crippen molar-refractivity contribution in [3.05, 3.63) is 0 Å². The van der Waals surface area contributed by atoms with Crippen LogP contribution in [-0.2, 0) is 0 Å². The van der Waals surface area contributed by atoms with E-state index in [1.54, 1.807) is 0 Å². The summed E-state index contributed by atoms with van der Waals surface area (Å²) in [6.45, 7) is 2.28. The average Bonchev–Trinajstić information content (AvgIpc) is 2.57. The number of hydrogen-bond donors (Lipinski definition) is 0. The molecule has 0 amide bonds. The molecule has 0 aromatic rings. The highest BCUT2D eigenvalue weighted by Gasteiger charge is 2.15. The van der Waals surface area contributed by atoms with Crippen LogP contribution in [0, 0.1) is 0 Å². The van der Waals surface area contributed by atoms with Gasteiger partial charge in [0.05, 0.1) is 0 Å². The van der Waals surface area contributed by atoms with Crippen molar-refractivity contribution in [3.63, 3.8) is 0 Å². The van der Waals surface area contributed by atoms with Crippen LogP contribution in [0.25, 0.3) is 0 Å². The van der Waals surface area contributed by atoms with Crippen molar-refractivity contribution in [2.24, 2.45) is 0 Å². The van der Waals surface area contributed by atoms with Gasteiger partial charge in [-0.1, -0.05) is 60.6 Å². The van der Waals surface area contributed by atoms with Crippen LogP contribution in [0.15, 0.2) is 0 Å². The first-order valence-corrected chi connectivity index (χ1v) is 7.60. The van der Waals surface area contributed by atoms with E-state index in [1.807, 2.05) is 0 Å². The molecule has 1 saturated heterocycles. The maximum absolute atomic E-state index is 2.28. The zero-order chi connectivity index (χ0) is 8.65. The van der Waals surface area contributed by atoms with E-state index < -0.39 is 0 Å². The summed E-state index contributed by atoms with van der Waals surface area (Å²) in [6, 6.07) is 0. The Kier molecular flexibility index (Phi) is 6.41. The van der Waals surface area contributed by atoms with Gasteiger partial charge in [-0.3, -0.25) is 0 Å². The van der Waals surface area contributed by atoms with Gasteiger partial charge in [-0.05, 0) is 12.8 Å². The van der Waals surface area contributed by atoms with Crippen molar-refractivity contribution < 1.29 is 0 Å². The van der Waals surface area contributed by atoms with E-state index in [-0.39, 0.29) is 0 Å². The van der Waals surface area contributed by atoms with E-state index >= 15 is 0 Å². The normalized spacial score (nSPS) is 23.2. The lowest BCUT2D eigenvalue weighted by atomic mass is 10.1. The zero-order valence-corrected chi connectivity index (χ0v) is 9.68. The Morgan fingerprint density at radius 3 is 2.67 bits per heavy atom. The van der Waals surface area contributed by atoms with Gasteiger partial charge in [0, 0.05) is 11.0 Å². The Hall–Kier alpha value is 0.700. The molecule has 0 bridgehead atoms. The third kappa shape index (κ3) is 4.66. The number of rotatable bonds is 6. The molecule has 1 rings (SSSR count). The minimum atomic E-state index is 0.997. The molecule has 2 heteroatoms. The largest absolute Gasteiger partial charge is 0.0938 e. The van der Waals surface area contributed by atoms with Gasteiger partial charge in [0.2, 0.25) is 0 Å². The number of unbranched alkanes of at least 4 members (excludes halogenated alkanes) is 4. The topological polar surface area (TPSA) is 0 Å². The van der Waals surface area contributed by atoms with Gasteiger partial charge in [0.1, 0.15) is 0 Å². The maximum Gasteiger partial charge on any atom is 0.0159 e. The lowest BCUT2D eigenvalue weighted by Crippen LogP contribution is -1.96. The molecular weight excluding hydrogens is 184 g/mol. The van der Waals surface area contributed by atoms with E-state index in [1.165, 1.54) is 50.7 Å². The fraction of sp³-hybridized carbons (Fsp3) is 1.00. The first-order valence-electron chi connectivity index (χ1n) is 5.21. The van der Waals surface area contributed by atoms with Crippen LogP contribution in [0.3, 0.4) is 0 Å². The fourth-order valence-electron chi connectivity index (χ4n) is 1.54. The summed E-state index contributed by atoms with van der Waals surface area (Å²) < 4.78 is 0. The third-order valence-corrected chi connectivity index (χ3v) is 5.36. The van der Waals surface area contributed by atoms with Gasteiger partial charge in [-0.2, -0.15) is 0 Å². The second-order valence-electron chi connectivity index (χ2n) is 3.53. The monoisotopic (exact) mass is 204 g/mol. The van der Waals surface area contributed by atoms with Gasteiger partial charge in [0.15, 0.2) is 0 Å². The first kappa shape index (κ1) is 10.8. The van der Waals surface area contributed by atoms with Gasteiger partial charge < -0.3 is 0 Å². The molecule has 0 aliphatic carbocycles. The summed E-state index contributed by atoms with van der Waals surface area (Å²) >= 11 is 0. The number of hydrogen-bond acceptors (Lipinski definition) is 2. The Morgan fingerprint density at radius 2 is 2.00 bits per heavy atom. The van der Waals surface area contributed by atoms with Crippen LogP contribution < -0.4 is 0 Å². The second-order valence-corrected chi connectivity index (χ2v) is 6.32. The molecule has 1 heterocycles. The molecule has 0 nitrogen and oxygen atoms in total. The van der Waals surface area contributed by atoms with Gasteiger partial charge in [0.25, 0.3) is 0 Å². The van der Waals surface area contributed by atoms with Crippen LogP contribution in [0.5, 0.6) is 0 Å². The van der Waals surface area contributed by atoms with Crippen LogP contribution >= 0.6 is 21.6 Å². The molecule has 0 aromatic carbocycles. The SMILES string of the molecule is CCCCCCCC1CCSS1. The summed E-state index contributed by atoms with van der Waals surface area (Å²) in [4.78, 5) is 0. The Labute approximate surface area is 84.7 Å². The summed E-state index contributed by atoms with van der Waals surface area (Å²) in [6.07, 6.45) is 10.1. The quantitative estimate of drug-likeness (QED) is 0.461. The van der Waals surface area contributed by atoms with Crippen molar-refractivity contribution >= 4 is 21.6 Å². The molecule has 1 fully saturated rings. The zero-order valence-electron chi connectivity index (χ0n) is 8.05. The van der Waals surface area contributed by atoms with E-state index in [2.05, 4.69) is 28.5 Å². The highest BCUT2D eigenvalue weighted by molar-refractivity contribution is 8.77. The fourth-order valence-corrected chi connectivity index (χ4v) is 4.57. The Balaban J connectivity index is 1.81. The van der Waals surface area contributed by atoms with Gasteiger partial charge in [-0.25, -0.2) is 0 Å². The molecule has 0 spiro atoms. The molecule has 72 valence electrons. The minimum absolute atomic E-state index is 0.997.